The number of aromatic nitrogens is 1. The molecule has 0 aliphatic heterocycles. The van der Waals surface area contributed by atoms with E-state index in [1.165, 1.54) is 36.8 Å². The second-order valence-corrected chi connectivity index (χ2v) is 6.91. The van der Waals surface area contributed by atoms with E-state index in [0.717, 1.165) is 28.9 Å². The third-order valence-electron chi connectivity index (χ3n) is 3.58. The third kappa shape index (κ3) is 5.20. The molecule has 0 aliphatic rings. The highest BCUT2D eigenvalue weighted by molar-refractivity contribution is 7.22. The fraction of sp³-hybridized carbons (Fsp3) is 0.588. The van der Waals surface area contributed by atoms with Crippen molar-refractivity contribution < 1.29 is 4.74 Å². The van der Waals surface area contributed by atoms with Crippen molar-refractivity contribution in [2.75, 3.05) is 19.0 Å². The average molecular weight is 306 g/mol. The van der Waals surface area contributed by atoms with Crippen molar-refractivity contribution in [2.45, 2.75) is 46.0 Å². The summed E-state index contributed by atoms with van der Waals surface area (Å²) in [6.45, 7) is 5.60. The molecule has 0 unspecified atom stereocenters. The highest BCUT2D eigenvalue weighted by Gasteiger charge is 2.04. The van der Waals surface area contributed by atoms with Gasteiger partial charge in [-0.3, -0.25) is 0 Å². The monoisotopic (exact) mass is 306 g/mol. The van der Waals surface area contributed by atoms with Crippen LogP contribution in [0.1, 0.15) is 46.0 Å². The summed E-state index contributed by atoms with van der Waals surface area (Å²) in [6.07, 6.45) is 6.58. The number of hydrogen-bond acceptors (Lipinski definition) is 4. The number of nitrogens with one attached hydrogen (secondary N) is 1. The molecule has 1 N–H and O–H groups in total. The van der Waals surface area contributed by atoms with E-state index < -0.39 is 0 Å². The van der Waals surface area contributed by atoms with Crippen molar-refractivity contribution in [3.63, 3.8) is 0 Å². The van der Waals surface area contributed by atoms with Crippen molar-refractivity contribution in [2.24, 2.45) is 5.92 Å². The van der Waals surface area contributed by atoms with Gasteiger partial charge in [0, 0.05) is 6.54 Å². The predicted octanol–water partition coefficient (Wildman–Crippen LogP) is 5.32. The number of nitrogens with zero attached hydrogens (tertiary/aromatic N) is 1. The number of methoxy groups -OCH3 is 1. The van der Waals surface area contributed by atoms with E-state index in [-0.39, 0.29) is 0 Å². The van der Waals surface area contributed by atoms with Crippen LogP contribution in [-0.4, -0.2) is 18.6 Å². The van der Waals surface area contributed by atoms with E-state index in [0.29, 0.717) is 0 Å². The van der Waals surface area contributed by atoms with Gasteiger partial charge in [-0.1, -0.05) is 50.9 Å². The van der Waals surface area contributed by atoms with Crippen molar-refractivity contribution in [3.8, 4) is 5.75 Å². The molecule has 21 heavy (non-hydrogen) atoms. The fourth-order valence-corrected chi connectivity index (χ4v) is 3.25. The fourth-order valence-electron chi connectivity index (χ4n) is 2.33. The van der Waals surface area contributed by atoms with Gasteiger partial charge >= 0.3 is 0 Å². The summed E-state index contributed by atoms with van der Waals surface area (Å²) in [4.78, 5) is 4.60. The summed E-state index contributed by atoms with van der Waals surface area (Å²) in [5.74, 6) is 1.73. The molecule has 2 rings (SSSR count). The van der Waals surface area contributed by atoms with E-state index in [1.54, 1.807) is 18.4 Å². The minimum atomic E-state index is 0.836. The van der Waals surface area contributed by atoms with Gasteiger partial charge < -0.3 is 10.1 Å². The van der Waals surface area contributed by atoms with Gasteiger partial charge in [-0.15, -0.1) is 0 Å². The number of thiazole rings is 1. The van der Waals surface area contributed by atoms with E-state index in [1.807, 2.05) is 18.2 Å². The number of benzene rings is 1. The maximum absolute atomic E-state index is 5.24. The number of anilines is 1. The zero-order valence-corrected chi connectivity index (χ0v) is 14.1. The molecule has 1 heterocycles. The van der Waals surface area contributed by atoms with Crippen molar-refractivity contribution in [1.29, 1.82) is 0 Å². The Morgan fingerprint density at radius 1 is 1.19 bits per heavy atom. The van der Waals surface area contributed by atoms with Crippen LogP contribution in [0.5, 0.6) is 5.75 Å². The molecule has 0 aliphatic carbocycles. The van der Waals surface area contributed by atoms with Gasteiger partial charge in [0.05, 0.1) is 17.3 Å². The van der Waals surface area contributed by atoms with Crippen LogP contribution < -0.4 is 10.1 Å². The lowest BCUT2D eigenvalue weighted by Crippen LogP contribution is -2.00. The zero-order chi connectivity index (χ0) is 15.1. The first kappa shape index (κ1) is 16.1. The molecule has 0 amide bonds. The smallest absolute Gasteiger partial charge is 0.183 e. The maximum atomic E-state index is 5.24. The highest BCUT2D eigenvalue weighted by Crippen LogP contribution is 2.29. The molecule has 0 fully saturated rings. The van der Waals surface area contributed by atoms with Crippen molar-refractivity contribution in [1.82, 2.24) is 4.98 Å². The van der Waals surface area contributed by atoms with Crippen molar-refractivity contribution >= 4 is 26.7 Å². The van der Waals surface area contributed by atoms with Gasteiger partial charge in [0.2, 0.25) is 0 Å². The number of unbranched alkanes of at least 4 members (excludes halogenated alkanes) is 3. The molecule has 0 spiro atoms. The van der Waals surface area contributed by atoms with Gasteiger partial charge in [-0.05, 0) is 30.5 Å². The van der Waals surface area contributed by atoms with Gasteiger partial charge in [0.1, 0.15) is 5.75 Å². The molecule has 116 valence electrons. The molecule has 0 atom stereocenters. The molecular formula is C17H26N2OS. The Morgan fingerprint density at radius 3 is 2.76 bits per heavy atom. The van der Waals surface area contributed by atoms with E-state index >= 15 is 0 Å². The number of fused-ring (bicyclic) bond motifs is 1. The quantitative estimate of drug-likeness (QED) is 0.636. The maximum Gasteiger partial charge on any atom is 0.183 e. The number of ether oxygens (including phenoxy) is 1. The Labute approximate surface area is 131 Å². The van der Waals surface area contributed by atoms with E-state index in [2.05, 4.69) is 24.1 Å². The van der Waals surface area contributed by atoms with Gasteiger partial charge in [0.15, 0.2) is 5.13 Å². The van der Waals surface area contributed by atoms with Crippen LogP contribution in [-0.2, 0) is 0 Å². The summed E-state index contributed by atoms with van der Waals surface area (Å²) in [7, 11) is 1.70. The minimum absolute atomic E-state index is 0.836. The largest absolute Gasteiger partial charge is 0.497 e. The lowest BCUT2D eigenvalue weighted by molar-refractivity contribution is 0.415. The Hall–Kier alpha value is -1.29. The zero-order valence-electron chi connectivity index (χ0n) is 13.3. The Morgan fingerprint density at radius 2 is 2.00 bits per heavy atom. The molecule has 3 nitrogen and oxygen atoms in total. The average Bonchev–Trinajstić information content (AvgIpc) is 2.87. The molecule has 4 heteroatoms. The van der Waals surface area contributed by atoms with Gasteiger partial charge in [-0.2, -0.15) is 0 Å². The van der Waals surface area contributed by atoms with E-state index in [9.17, 15) is 0 Å². The first-order valence-corrected chi connectivity index (χ1v) is 8.69. The second kappa shape index (κ2) is 8.23. The van der Waals surface area contributed by atoms with Crippen LogP contribution in [0.3, 0.4) is 0 Å². The summed E-state index contributed by atoms with van der Waals surface area (Å²) in [5.41, 5.74) is 1.04. The van der Waals surface area contributed by atoms with Crippen LogP contribution >= 0.6 is 11.3 Å². The van der Waals surface area contributed by atoms with Crippen LogP contribution in [0.2, 0.25) is 0 Å². The molecule has 2 aromatic rings. The van der Waals surface area contributed by atoms with E-state index in [4.69, 9.17) is 4.74 Å². The number of rotatable bonds is 9. The highest BCUT2D eigenvalue weighted by atomic mass is 32.1. The van der Waals surface area contributed by atoms with Crippen molar-refractivity contribution in [3.05, 3.63) is 18.2 Å². The van der Waals surface area contributed by atoms with Crippen LogP contribution in [0.15, 0.2) is 18.2 Å². The second-order valence-electron chi connectivity index (χ2n) is 5.88. The predicted molar refractivity (Wildman–Crippen MR) is 92.6 cm³/mol. The molecule has 0 saturated carbocycles. The molecule has 0 saturated heterocycles. The topological polar surface area (TPSA) is 34.1 Å². The van der Waals surface area contributed by atoms with Gasteiger partial charge in [-0.25, -0.2) is 4.98 Å². The van der Waals surface area contributed by atoms with Crippen LogP contribution in [0.4, 0.5) is 5.13 Å². The standard InChI is InChI=1S/C17H26N2OS/c1-13(2)8-6-4-5-7-11-18-17-19-15-10-9-14(20-3)12-16(15)21-17/h9-10,12-13H,4-8,11H2,1-3H3,(H,18,19). The molecule has 0 bridgehead atoms. The van der Waals surface area contributed by atoms with Gasteiger partial charge in [0.25, 0.3) is 0 Å². The summed E-state index contributed by atoms with van der Waals surface area (Å²) in [5, 5.41) is 4.45. The SMILES string of the molecule is COc1ccc2nc(NCCCCCCC(C)C)sc2c1. The third-order valence-corrected chi connectivity index (χ3v) is 4.56. The first-order chi connectivity index (χ1) is 10.2. The van der Waals surface area contributed by atoms with Crippen LogP contribution in [0.25, 0.3) is 10.2 Å². The Kier molecular flexibility index (Phi) is 6.30. The summed E-state index contributed by atoms with van der Waals surface area (Å²) in [6, 6.07) is 6.02. The summed E-state index contributed by atoms with van der Waals surface area (Å²) < 4.78 is 6.42. The Balaban J connectivity index is 1.71. The Bertz CT molecular complexity index is 551. The first-order valence-electron chi connectivity index (χ1n) is 7.87. The molecule has 1 aromatic heterocycles. The molecule has 1 aromatic carbocycles. The lowest BCUT2D eigenvalue weighted by Gasteiger charge is -2.04. The minimum Gasteiger partial charge on any atom is -0.497 e. The number of hydrogen-bond donors (Lipinski definition) is 1. The molecular weight excluding hydrogens is 280 g/mol. The summed E-state index contributed by atoms with van der Waals surface area (Å²) >= 11 is 1.70. The molecule has 0 radical (unpaired) electrons. The van der Waals surface area contributed by atoms with Crippen LogP contribution in [0, 0.1) is 5.92 Å². The lowest BCUT2D eigenvalue weighted by atomic mass is 10.0. The normalized spacial score (nSPS) is 11.2.